The van der Waals surface area contributed by atoms with Gasteiger partial charge in [0.05, 0.1) is 17.1 Å². The molecule has 9 heteroatoms. The molecule has 0 aromatic carbocycles. The molecule has 0 saturated carbocycles. The highest BCUT2D eigenvalue weighted by Crippen LogP contribution is 2.21. The predicted octanol–water partition coefficient (Wildman–Crippen LogP) is 1.50. The van der Waals surface area contributed by atoms with Gasteiger partial charge in [-0.15, -0.1) is 35.0 Å². The molecule has 5 N–H and O–H groups in total. The molecule has 2 rings (SSSR count). The smallest absolute Gasteiger partial charge is 0.176 e. The van der Waals surface area contributed by atoms with Crippen LogP contribution in [0, 0.1) is 0 Å². The Morgan fingerprint density at radius 2 is 1.85 bits per heavy atom. The van der Waals surface area contributed by atoms with E-state index in [0.29, 0.717) is 11.6 Å². The summed E-state index contributed by atoms with van der Waals surface area (Å²) in [6, 6.07) is 3.54. The van der Waals surface area contributed by atoms with Gasteiger partial charge in [0.1, 0.15) is 0 Å². The van der Waals surface area contributed by atoms with Gasteiger partial charge < -0.3 is 11.2 Å². The summed E-state index contributed by atoms with van der Waals surface area (Å²) in [5.41, 5.74) is 11.1. The summed E-state index contributed by atoms with van der Waals surface area (Å²) in [5.74, 6) is 6.39. The molecule has 0 saturated heterocycles. The minimum Gasteiger partial charge on any atom is -0.396 e. The second-order valence-corrected chi connectivity index (χ2v) is 3.85. The summed E-state index contributed by atoms with van der Waals surface area (Å²) in [5, 5.41) is 12.5. The molecule has 0 spiro atoms. The van der Waals surface area contributed by atoms with Gasteiger partial charge in [0.15, 0.2) is 11.6 Å². The van der Waals surface area contributed by atoms with Gasteiger partial charge in [0.2, 0.25) is 0 Å². The monoisotopic (exact) mass is 319 g/mol. The van der Waals surface area contributed by atoms with Crippen LogP contribution >= 0.6 is 24.8 Å². The molecule has 0 amide bonds. The fourth-order valence-electron chi connectivity index (χ4n) is 1.82. The van der Waals surface area contributed by atoms with Crippen molar-refractivity contribution in [1.82, 2.24) is 20.0 Å². The first-order valence-electron chi connectivity index (χ1n) is 5.88. The van der Waals surface area contributed by atoms with Crippen LogP contribution in [0.1, 0.15) is 25.2 Å². The van der Waals surface area contributed by atoms with Gasteiger partial charge in [0, 0.05) is 0 Å². The van der Waals surface area contributed by atoms with Crippen molar-refractivity contribution in [2.45, 2.75) is 26.7 Å². The quantitative estimate of drug-likeness (QED) is 0.582. The van der Waals surface area contributed by atoms with Crippen molar-refractivity contribution in [3.8, 4) is 5.82 Å². The Bertz CT molecular complexity index is 538. The SMILES string of the molecule is CCc1nn(-c2ccc(NN)nn2)c(CC)c1N.Cl.Cl. The molecule has 0 atom stereocenters. The number of nitrogens with one attached hydrogen (secondary N) is 1. The molecule has 0 radical (unpaired) electrons. The van der Waals surface area contributed by atoms with Gasteiger partial charge in [0.25, 0.3) is 0 Å². The van der Waals surface area contributed by atoms with E-state index in [2.05, 4.69) is 20.7 Å². The molecule has 112 valence electrons. The number of nitrogens with zero attached hydrogens (tertiary/aromatic N) is 4. The van der Waals surface area contributed by atoms with Gasteiger partial charge >= 0.3 is 0 Å². The Morgan fingerprint density at radius 1 is 1.15 bits per heavy atom. The zero-order valence-corrected chi connectivity index (χ0v) is 13.0. The van der Waals surface area contributed by atoms with Gasteiger partial charge in [-0.3, -0.25) is 0 Å². The Balaban J connectivity index is 0.00000180. The van der Waals surface area contributed by atoms with Crippen LogP contribution in [0.2, 0.25) is 0 Å². The summed E-state index contributed by atoms with van der Waals surface area (Å²) in [6.45, 7) is 4.06. The zero-order chi connectivity index (χ0) is 13.1. The van der Waals surface area contributed by atoms with Crippen molar-refractivity contribution in [1.29, 1.82) is 0 Å². The van der Waals surface area contributed by atoms with Crippen molar-refractivity contribution in [3.63, 3.8) is 0 Å². The number of hydrogen-bond acceptors (Lipinski definition) is 6. The molecule has 0 aliphatic rings. The zero-order valence-electron chi connectivity index (χ0n) is 11.3. The summed E-state index contributed by atoms with van der Waals surface area (Å²) < 4.78 is 1.74. The number of halogens is 2. The number of aromatic nitrogens is 4. The lowest BCUT2D eigenvalue weighted by Gasteiger charge is -2.05. The number of rotatable bonds is 4. The summed E-state index contributed by atoms with van der Waals surface area (Å²) in [6.07, 6.45) is 1.58. The van der Waals surface area contributed by atoms with Crippen LogP contribution < -0.4 is 17.0 Å². The van der Waals surface area contributed by atoms with Crippen molar-refractivity contribution < 1.29 is 0 Å². The molecule has 0 aliphatic heterocycles. The van der Waals surface area contributed by atoms with Crippen molar-refractivity contribution in [3.05, 3.63) is 23.5 Å². The molecule has 2 heterocycles. The van der Waals surface area contributed by atoms with Crippen LogP contribution in [0.4, 0.5) is 11.5 Å². The average molecular weight is 320 g/mol. The maximum Gasteiger partial charge on any atom is 0.176 e. The van der Waals surface area contributed by atoms with Crippen molar-refractivity contribution >= 4 is 36.3 Å². The number of nitrogen functional groups attached to an aromatic ring is 2. The van der Waals surface area contributed by atoms with E-state index in [1.165, 1.54) is 0 Å². The van der Waals surface area contributed by atoms with Crippen LogP contribution in [0.25, 0.3) is 5.82 Å². The van der Waals surface area contributed by atoms with Gasteiger partial charge in [-0.2, -0.15) is 5.10 Å². The van der Waals surface area contributed by atoms with E-state index in [1.54, 1.807) is 16.8 Å². The van der Waals surface area contributed by atoms with E-state index in [0.717, 1.165) is 29.9 Å². The standard InChI is InChI=1S/C11H17N7.2ClH/c1-3-7-11(12)8(4-2)18(17-7)10-6-5-9(14-13)15-16-10;;/h5-6H,3-4,12-13H2,1-2H3,(H,14,15);2*1H. The molecule has 2 aromatic rings. The first-order valence-corrected chi connectivity index (χ1v) is 5.88. The minimum absolute atomic E-state index is 0. The third kappa shape index (κ3) is 3.30. The highest BCUT2D eigenvalue weighted by molar-refractivity contribution is 5.85. The fraction of sp³-hybridized carbons (Fsp3) is 0.364. The van der Waals surface area contributed by atoms with E-state index in [4.69, 9.17) is 11.6 Å². The first kappa shape index (κ1) is 18.4. The normalized spacial score (nSPS) is 9.55. The van der Waals surface area contributed by atoms with Gasteiger partial charge in [-0.25, -0.2) is 10.5 Å². The number of anilines is 2. The van der Waals surface area contributed by atoms with E-state index < -0.39 is 0 Å². The molecule has 0 unspecified atom stereocenters. The highest BCUT2D eigenvalue weighted by Gasteiger charge is 2.14. The molecule has 7 nitrogen and oxygen atoms in total. The molecule has 0 fully saturated rings. The minimum atomic E-state index is 0. The van der Waals surface area contributed by atoms with E-state index in [1.807, 2.05) is 13.8 Å². The Morgan fingerprint density at radius 3 is 2.30 bits per heavy atom. The molecular formula is C11H19Cl2N7. The largest absolute Gasteiger partial charge is 0.396 e. The van der Waals surface area contributed by atoms with Crippen LogP contribution in [-0.2, 0) is 12.8 Å². The summed E-state index contributed by atoms with van der Waals surface area (Å²) >= 11 is 0. The van der Waals surface area contributed by atoms with E-state index in [9.17, 15) is 0 Å². The predicted molar refractivity (Wildman–Crippen MR) is 84.6 cm³/mol. The molecule has 2 aromatic heterocycles. The van der Waals surface area contributed by atoms with Crippen LogP contribution in [0.15, 0.2) is 12.1 Å². The Labute approximate surface area is 129 Å². The number of aryl methyl sites for hydroxylation is 1. The summed E-state index contributed by atoms with van der Waals surface area (Å²) in [4.78, 5) is 0. The second-order valence-electron chi connectivity index (χ2n) is 3.85. The lowest BCUT2D eigenvalue weighted by atomic mass is 10.2. The Hall–Kier alpha value is -1.57. The second kappa shape index (κ2) is 7.88. The molecule has 0 bridgehead atoms. The van der Waals surface area contributed by atoms with Crippen LogP contribution in [-0.4, -0.2) is 20.0 Å². The maximum atomic E-state index is 6.05. The maximum absolute atomic E-state index is 6.05. The third-order valence-corrected chi connectivity index (χ3v) is 2.78. The number of hydrazine groups is 1. The molecular weight excluding hydrogens is 301 g/mol. The van der Waals surface area contributed by atoms with Crippen LogP contribution in [0.3, 0.4) is 0 Å². The Kier molecular flexibility index (Phi) is 7.26. The van der Waals surface area contributed by atoms with E-state index in [-0.39, 0.29) is 24.8 Å². The fourth-order valence-corrected chi connectivity index (χ4v) is 1.82. The lowest BCUT2D eigenvalue weighted by molar-refractivity contribution is 0.755. The number of nitrogens with two attached hydrogens (primary N) is 2. The topological polar surface area (TPSA) is 108 Å². The summed E-state index contributed by atoms with van der Waals surface area (Å²) in [7, 11) is 0. The van der Waals surface area contributed by atoms with Crippen molar-refractivity contribution in [2.24, 2.45) is 5.84 Å². The van der Waals surface area contributed by atoms with Gasteiger partial charge in [-0.05, 0) is 25.0 Å². The van der Waals surface area contributed by atoms with Crippen LogP contribution in [0.5, 0.6) is 0 Å². The lowest BCUT2D eigenvalue weighted by Crippen LogP contribution is -2.11. The third-order valence-electron chi connectivity index (χ3n) is 2.78. The van der Waals surface area contributed by atoms with Crippen molar-refractivity contribution in [2.75, 3.05) is 11.2 Å². The molecule has 20 heavy (non-hydrogen) atoms. The first-order chi connectivity index (χ1) is 8.71. The molecule has 0 aliphatic carbocycles. The highest BCUT2D eigenvalue weighted by atomic mass is 35.5. The van der Waals surface area contributed by atoms with E-state index >= 15 is 0 Å². The average Bonchev–Trinajstić information content (AvgIpc) is 2.75. The van der Waals surface area contributed by atoms with Gasteiger partial charge in [-0.1, -0.05) is 13.8 Å². The number of hydrogen-bond donors (Lipinski definition) is 3.